The van der Waals surface area contributed by atoms with Gasteiger partial charge in [-0.25, -0.2) is 0 Å². The van der Waals surface area contributed by atoms with Crippen LogP contribution in [0.1, 0.15) is 35.1 Å². The average molecular weight is 413 g/mol. The third kappa shape index (κ3) is 5.82. The van der Waals surface area contributed by atoms with Crippen molar-refractivity contribution >= 4 is 17.5 Å². The summed E-state index contributed by atoms with van der Waals surface area (Å²) in [6, 6.07) is 26.0. The minimum absolute atomic E-state index is 0.0281. The summed E-state index contributed by atoms with van der Waals surface area (Å²) in [6.07, 6.45) is 2.21. The molecule has 4 rings (SSSR count). The van der Waals surface area contributed by atoms with E-state index in [1.807, 2.05) is 59.5 Å². The summed E-state index contributed by atoms with van der Waals surface area (Å²) < 4.78 is 0. The highest BCUT2D eigenvalue weighted by Gasteiger charge is 2.34. The number of rotatable bonds is 8. The molecule has 0 atom stereocenters. The van der Waals surface area contributed by atoms with Crippen molar-refractivity contribution in [2.24, 2.45) is 5.92 Å². The topological polar surface area (TPSA) is 49.4 Å². The van der Waals surface area contributed by atoms with Crippen molar-refractivity contribution in [1.29, 1.82) is 0 Å². The molecule has 0 saturated heterocycles. The first-order valence-electron chi connectivity index (χ1n) is 10.8. The maximum atomic E-state index is 13.0. The third-order valence-corrected chi connectivity index (χ3v) is 5.57. The van der Waals surface area contributed by atoms with Gasteiger partial charge in [-0.1, -0.05) is 72.3 Å². The first-order chi connectivity index (χ1) is 15.1. The number of hydrogen-bond donors (Lipinski definition) is 1. The number of benzene rings is 3. The molecule has 1 saturated carbocycles. The predicted molar refractivity (Wildman–Crippen MR) is 124 cm³/mol. The van der Waals surface area contributed by atoms with E-state index in [2.05, 4.69) is 36.5 Å². The monoisotopic (exact) mass is 412 g/mol. The number of hydrogen-bond acceptors (Lipinski definition) is 2. The maximum absolute atomic E-state index is 13.0. The number of carbonyl (C=O) groups is 2. The van der Waals surface area contributed by atoms with Crippen molar-refractivity contribution < 1.29 is 9.59 Å². The fraction of sp³-hybridized carbons (Fsp3) is 0.259. The van der Waals surface area contributed by atoms with Crippen LogP contribution in [0.2, 0.25) is 0 Å². The molecule has 0 aliphatic heterocycles. The number of anilines is 1. The highest BCUT2D eigenvalue weighted by molar-refractivity contribution is 5.96. The van der Waals surface area contributed by atoms with Gasteiger partial charge in [-0.15, -0.1) is 0 Å². The van der Waals surface area contributed by atoms with E-state index in [1.54, 1.807) is 0 Å². The lowest BCUT2D eigenvalue weighted by molar-refractivity contribution is -0.121. The maximum Gasteiger partial charge on any atom is 0.230 e. The molecule has 0 unspecified atom stereocenters. The van der Waals surface area contributed by atoms with Gasteiger partial charge in [0.25, 0.3) is 0 Å². The minimum atomic E-state index is -0.0281. The van der Waals surface area contributed by atoms with E-state index in [0.717, 1.165) is 35.2 Å². The van der Waals surface area contributed by atoms with Gasteiger partial charge in [-0.05, 0) is 48.6 Å². The molecule has 4 heteroatoms. The average Bonchev–Trinajstić information content (AvgIpc) is 3.63. The van der Waals surface area contributed by atoms with Gasteiger partial charge in [0, 0.05) is 18.2 Å². The van der Waals surface area contributed by atoms with Gasteiger partial charge in [0.1, 0.15) is 0 Å². The van der Waals surface area contributed by atoms with E-state index in [1.165, 1.54) is 5.56 Å². The second-order valence-electron chi connectivity index (χ2n) is 8.29. The zero-order valence-electron chi connectivity index (χ0n) is 17.9. The van der Waals surface area contributed by atoms with Gasteiger partial charge in [0.05, 0.1) is 13.0 Å². The fourth-order valence-electron chi connectivity index (χ4n) is 3.60. The Bertz CT molecular complexity index is 1040. The molecular weight excluding hydrogens is 384 g/mol. The number of aryl methyl sites for hydroxylation is 1. The quantitative estimate of drug-likeness (QED) is 0.578. The standard InChI is InChI=1S/C27H28N2O2/c1-20-10-12-22(13-11-20)19-29(27(31)24-14-15-24)25-9-5-8-23(16-25)17-26(30)28-18-21-6-3-2-4-7-21/h2-13,16,24H,14-15,17-19H2,1H3,(H,28,30). The molecule has 3 aromatic rings. The van der Waals surface area contributed by atoms with Crippen molar-refractivity contribution in [2.45, 2.75) is 39.3 Å². The molecule has 0 aromatic heterocycles. The Balaban J connectivity index is 1.46. The van der Waals surface area contributed by atoms with E-state index < -0.39 is 0 Å². The van der Waals surface area contributed by atoms with Crippen LogP contribution in [0.25, 0.3) is 0 Å². The van der Waals surface area contributed by atoms with Crippen LogP contribution in [0, 0.1) is 12.8 Å². The molecule has 1 aliphatic rings. The third-order valence-electron chi connectivity index (χ3n) is 5.57. The number of nitrogens with zero attached hydrogens (tertiary/aromatic N) is 1. The lowest BCUT2D eigenvalue weighted by atomic mass is 10.1. The molecule has 0 radical (unpaired) electrons. The summed E-state index contributed by atoms with van der Waals surface area (Å²) in [7, 11) is 0. The molecule has 1 aliphatic carbocycles. The van der Waals surface area contributed by atoms with Crippen LogP contribution in [0.15, 0.2) is 78.9 Å². The number of nitrogens with one attached hydrogen (secondary N) is 1. The Morgan fingerprint density at radius 1 is 0.871 bits per heavy atom. The molecule has 0 bridgehead atoms. The van der Waals surface area contributed by atoms with Gasteiger partial charge in [0.15, 0.2) is 0 Å². The zero-order chi connectivity index (χ0) is 21.6. The summed E-state index contributed by atoms with van der Waals surface area (Å²) in [5, 5.41) is 2.97. The molecule has 0 spiro atoms. The van der Waals surface area contributed by atoms with Crippen LogP contribution in [-0.2, 0) is 29.1 Å². The Kier molecular flexibility index (Phi) is 6.46. The van der Waals surface area contributed by atoms with Gasteiger partial charge < -0.3 is 10.2 Å². The summed E-state index contributed by atoms with van der Waals surface area (Å²) in [5.41, 5.74) is 5.13. The van der Waals surface area contributed by atoms with Crippen LogP contribution in [0.4, 0.5) is 5.69 Å². The summed E-state index contributed by atoms with van der Waals surface area (Å²) in [6.45, 7) is 3.11. The lowest BCUT2D eigenvalue weighted by Crippen LogP contribution is -2.32. The molecule has 31 heavy (non-hydrogen) atoms. The van der Waals surface area contributed by atoms with Crippen molar-refractivity contribution in [3.05, 3.63) is 101 Å². The van der Waals surface area contributed by atoms with E-state index >= 15 is 0 Å². The first-order valence-corrected chi connectivity index (χ1v) is 10.8. The van der Waals surface area contributed by atoms with Crippen molar-refractivity contribution in [1.82, 2.24) is 5.32 Å². The van der Waals surface area contributed by atoms with Crippen molar-refractivity contribution in [3.8, 4) is 0 Å². The summed E-state index contributed by atoms with van der Waals surface area (Å²) in [4.78, 5) is 27.3. The molecule has 158 valence electrons. The first kappa shape index (κ1) is 20.9. The molecule has 3 aromatic carbocycles. The highest BCUT2D eigenvalue weighted by Crippen LogP contribution is 2.33. The van der Waals surface area contributed by atoms with Gasteiger partial charge in [-0.3, -0.25) is 9.59 Å². The van der Waals surface area contributed by atoms with Crippen LogP contribution in [0.5, 0.6) is 0 Å². The largest absolute Gasteiger partial charge is 0.352 e. The summed E-state index contributed by atoms with van der Waals surface area (Å²) >= 11 is 0. The fourth-order valence-corrected chi connectivity index (χ4v) is 3.60. The molecule has 1 N–H and O–H groups in total. The van der Waals surface area contributed by atoms with E-state index in [-0.39, 0.29) is 24.2 Å². The Labute approximate surface area is 183 Å². The smallest absolute Gasteiger partial charge is 0.230 e. The highest BCUT2D eigenvalue weighted by atomic mass is 16.2. The SMILES string of the molecule is Cc1ccc(CN(C(=O)C2CC2)c2cccc(CC(=O)NCc3ccccc3)c2)cc1. The number of carbonyl (C=O) groups excluding carboxylic acids is 2. The molecular formula is C27H28N2O2. The lowest BCUT2D eigenvalue weighted by Gasteiger charge is -2.24. The van der Waals surface area contributed by atoms with Gasteiger partial charge in [-0.2, -0.15) is 0 Å². The Hall–Kier alpha value is -3.40. The van der Waals surface area contributed by atoms with E-state index in [4.69, 9.17) is 0 Å². The van der Waals surface area contributed by atoms with Crippen LogP contribution in [-0.4, -0.2) is 11.8 Å². The molecule has 0 heterocycles. The zero-order valence-corrected chi connectivity index (χ0v) is 17.9. The number of amides is 2. The molecule has 1 fully saturated rings. The second kappa shape index (κ2) is 9.61. The predicted octanol–water partition coefficient (Wildman–Crippen LogP) is 4.80. The van der Waals surface area contributed by atoms with Crippen LogP contribution in [0.3, 0.4) is 0 Å². The molecule has 2 amide bonds. The van der Waals surface area contributed by atoms with E-state index in [0.29, 0.717) is 13.1 Å². The minimum Gasteiger partial charge on any atom is -0.352 e. The van der Waals surface area contributed by atoms with Gasteiger partial charge >= 0.3 is 0 Å². The van der Waals surface area contributed by atoms with Gasteiger partial charge in [0.2, 0.25) is 11.8 Å². The Morgan fingerprint density at radius 3 is 2.29 bits per heavy atom. The van der Waals surface area contributed by atoms with E-state index in [9.17, 15) is 9.59 Å². The Morgan fingerprint density at radius 2 is 1.58 bits per heavy atom. The summed E-state index contributed by atoms with van der Waals surface area (Å²) in [5.74, 6) is 0.272. The van der Waals surface area contributed by atoms with Crippen LogP contribution < -0.4 is 10.2 Å². The van der Waals surface area contributed by atoms with Crippen molar-refractivity contribution in [2.75, 3.05) is 4.90 Å². The molecule has 4 nitrogen and oxygen atoms in total. The second-order valence-corrected chi connectivity index (χ2v) is 8.29. The normalized spacial score (nSPS) is 12.9. The van der Waals surface area contributed by atoms with Crippen molar-refractivity contribution in [3.63, 3.8) is 0 Å². The van der Waals surface area contributed by atoms with Crippen LogP contribution >= 0.6 is 0 Å².